The van der Waals surface area contributed by atoms with Gasteiger partial charge in [0.1, 0.15) is 12.3 Å². The Morgan fingerprint density at radius 1 is 1.04 bits per heavy atom. The van der Waals surface area contributed by atoms with Crippen LogP contribution in [0, 0.1) is 0 Å². The van der Waals surface area contributed by atoms with Gasteiger partial charge < -0.3 is 4.74 Å². The molecule has 1 aliphatic rings. The third-order valence-electron chi connectivity index (χ3n) is 3.30. The van der Waals surface area contributed by atoms with E-state index in [4.69, 9.17) is 4.84 Å². The minimum Gasteiger partial charge on any atom is -0.464 e. The fourth-order valence-corrected chi connectivity index (χ4v) is 2.19. The lowest BCUT2D eigenvalue weighted by Gasteiger charge is -2.13. The molecule has 0 saturated carbocycles. The molecule has 0 N–H and O–H groups in total. The second-order valence-corrected chi connectivity index (χ2v) is 4.73. The van der Waals surface area contributed by atoms with Gasteiger partial charge in [-0.05, 0) is 24.3 Å². The summed E-state index contributed by atoms with van der Waals surface area (Å²) < 4.78 is 4.58. The lowest BCUT2D eigenvalue weighted by molar-refractivity contribution is -0.102. The summed E-state index contributed by atoms with van der Waals surface area (Å²) >= 11 is 0. The predicted octanol–water partition coefficient (Wildman–Crippen LogP) is 1.60. The lowest BCUT2D eigenvalue weighted by Crippen LogP contribution is -2.30. The van der Waals surface area contributed by atoms with Gasteiger partial charge in [-0.3, -0.25) is 14.4 Å². The minimum absolute atomic E-state index is 0.121. The van der Waals surface area contributed by atoms with Crippen molar-refractivity contribution in [1.82, 2.24) is 10.0 Å². The molecule has 0 radical (unpaired) electrons. The van der Waals surface area contributed by atoms with Crippen LogP contribution in [0.2, 0.25) is 0 Å². The molecule has 1 aromatic heterocycles. The van der Waals surface area contributed by atoms with Gasteiger partial charge in [0.2, 0.25) is 0 Å². The van der Waals surface area contributed by atoms with Crippen LogP contribution in [0.3, 0.4) is 0 Å². The van der Waals surface area contributed by atoms with Crippen molar-refractivity contribution in [2.45, 2.75) is 6.61 Å². The minimum atomic E-state index is -0.576. The fraction of sp³-hybridized carbons (Fsp3) is 0.125. The first-order valence-corrected chi connectivity index (χ1v) is 6.77. The molecule has 1 aliphatic heterocycles. The topological polar surface area (TPSA) is 85.8 Å². The van der Waals surface area contributed by atoms with Gasteiger partial charge in [0.05, 0.1) is 23.9 Å². The Labute approximate surface area is 131 Å². The molecule has 0 fully saturated rings. The van der Waals surface area contributed by atoms with Crippen molar-refractivity contribution in [2.24, 2.45) is 0 Å². The highest BCUT2D eigenvalue weighted by atomic mass is 16.7. The van der Waals surface area contributed by atoms with E-state index in [1.165, 1.54) is 13.2 Å². The van der Waals surface area contributed by atoms with Crippen molar-refractivity contribution >= 4 is 17.8 Å². The maximum atomic E-state index is 12.1. The molecule has 116 valence electrons. The number of nitrogens with zero attached hydrogens (tertiary/aromatic N) is 2. The summed E-state index contributed by atoms with van der Waals surface area (Å²) in [5, 5.41) is 0.706. The summed E-state index contributed by atoms with van der Waals surface area (Å²) in [6.07, 6.45) is 0. The molecule has 2 amide bonds. The molecule has 0 spiro atoms. The summed E-state index contributed by atoms with van der Waals surface area (Å²) in [6, 6.07) is 11.2. The van der Waals surface area contributed by atoms with E-state index in [1.54, 1.807) is 36.4 Å². The molecule has 0 saturated heterocycles. The van der Waals surface area contributed by atoms with Gasteiger partial charge in [0.15, 0.2) is 0 Å². The molecule has 2 aromatic rings. The molecule has 23 heavy (non-hydrogen) atoms. The number of imide groups is 1. The van der Waals surface area contributed by atoms with E-state index in [0.29, 0.717) is 21.9 Å². The first-order chi connectivity index (χ1) is 11.1. The molecular weight excluding hydrogens is 300 g/mol. The van der Waals surface area contributed by atoms with Crippen LogP contribution in [0.1, 0.15) is 36.9 Å². The smallest absolute Gasteiger partial charge is 0.356 e. The standard InChI is InChI=1S/C16H12N2O5/c1-22-16(21)13-8-4-5-10(17-13)9-23-18-14(19)11-6-2-3-7-12(11)15(18)20/h2-8H,9H2,1H3. The van der Waals surface area contributed by atoms with Crippen molar-refractivity contribution in [3.8, 4) is 0 Å². The third-order valence-corrected chi connectivity index (χ3v) is 3.30. The number of hydrogen-bond donors (Lipinski definition) is 0. The molecule has 7 nitrogen and oxygen atoms in total. The third kappa shape index (κ3) is 2.69. The number of ether oxygens (including phenoxy) is 1. The molecular formula is C16H12N2O5. The second kappa shape index (κ2) is 5.98. The number of amides is 2. The van der Waals surface area contributed by atoms with Gasteiger partial charge in [-0.25, -0.2) is 9.78 Å². The van der Waals surface area contributed by atoms with Crippen LogP contribution in [-0.2, 0) is 16.2 Å². The SMILES string of the molecule is COC(=O)c1cccc(CON2C(=O)c3ccccc3C2=O)n1. The zero-order valence-electron chi connectivity index (χ0n) is 12.2. The average molecular weight is 312 g/mol. The van der Waals surface area contributed by atoms with Crippen LogP contribution in [-0.4, -0.2) is 34.9 Å². The number of esters is 1. The number of aromatic nitrogens is 1. The normalized spacial score (nSPS) is 13.2. The van der Waals surface area contributed by atoms with Crippen molar-refractivity contribution in [1.29, 1.82) is 0 Å². The van der Waals surface area contributed by atoms with Crippen LogP contribution in [0.5, 0.6) is 0 Å². The predicted molar refractivity (Wildman–Crippen MR) is 77.3 cm³/mol. The van der Waals surface area contributed by atoms with Crippen molar-refractivity contribution in [3.05, 3.63) is 65.0 Å². The van der Waals surface area contributed by atoms with E-state index in [1.807, 2.05) is 0 Å². The van der Waals surface area contributed by atoms with E-state index in [-0.39, 0.29) is 12.3 Å². The van der Waals surface area contributed by atoms with Crippen molar-refractivity contribution in [3.63, 3.8) is 0 Å². The zero-order chi connectivity index (χ0) is 16.4. The molecule has 0 atom stereocenters. The van der Waals surface area contributed by atoms with Gasteiger partial charge in [0, 0.05) is 0 Å². The average Bonchev–Trinajstić information content (AvgIpc) is 2.84. The molecule has 0 bridgehead atoms. The zero-order valence-corrected chi connectivity index (χ0v) is 12.2. The first-order valence-electron chi connectivity index (χ1n) is 6.77. The molecule has 2 heterocycles. The van der Waals surface area contributed by atoms with Gasteiger partial charge in [-0.1, -0.05) is 18.2 Å². The number of carbonyl (C=O) groups excluding carboxylic acids is 3. The number of pyridine rings is 1. The van der Waals surface area contributed by atoms with Crippen LogP contribution in [0.4, 0.5) is 0 Å². The van der Waals surface area contributed by atoms with Gasteiger partial charge >= 0.3 is 5.97 Å². The van der Waals surface area contributed by atoms with Crippen LogP contribution >= 0.6 is 0 Å². The number of hydroxylamine groups is 2. The Morgan fingerprint density at radius 2 is 1.70 bits per heavy atom. The highest BCUT2D eigenvalue weighted by Crippen LogP contribution is 2.23. The second-order valence-electron chi connectivity index (χ2n) is 4.73. The van der Waals surface area contributed by atoms with Gasteiger partial charge in [-0.2, -0.15) is 0 Å². The summed E-state index contributed by atoms with van der Waals surface area (Å²) in [7, 11) is 1.26. The summed E-state index contributed by atoms with van der Waals surface area (Å²) in [4.78, 5) is 45.0. The van der Waals surface area contributed by atoms with E-state index in [2.05, 4.69) is 9.72 Å². The Bertz CT molecular complexity index is 768. The highest BCUT2D eigenvalue weighted by Gasteiger charge is 2.36. The van der Waals surface area contributed by atoms with Crippen LogP contribution in [0.25, 0.3) is 0 Å². The van der Waals surface area contributed by atoms with E-state index in [9.17, 15) is 14.4 Å². The largest absolute Gasteiger partial charge is 0.464 e. The fourth-order valence-electron chi connectivity index (χ4n) is 2.19. The quantitative estimate of drug-likeness (QED) is 0.629. The number of benzene rings is 1. The highest BCUT2D eigenvalue weighted by molar-refractivity contribution is 6.20. The molecule has 0 unspecified atom stereocenters. The number of rotatable bonds is 4. The molecule has 1 aromatic carbocycles. The molecule has 7 heteroatoms. The number of carbonyl (C=O) groups is 3. The summed E-state index contributed by atoms with van der Waals surface area (Å²) in [5.74, 6) is -1.61. The summed E-state index contributed by atoms with van der Waals surface area (Å²) in [5.41, 5.74) is 1.11. The number of methoxy groups -OCH3 is 1. The van der Waals surface area contributed by atoms with E-state index < -0.39 is 17.8 Å². The van der Waals surface area contributed by atoms with Crippen LogP contribution in [0.15, 0.2) is 42.5 Å². The monoisotopic (exact) mass is 312 g/mol. The number of hydrogen-bond acceptors (Lipinski definition) is 6. The van der Waals surface area contributed by atoms with Crippen molar-refractivity contribution < 1.29 is 24.0 Å². The summed E-state index contributed by atoms with van der Waals surface area (Å²) in [6.45, 7) is -0.129. The van der Waals surface area contributed by atoms with Gasteiger partial charge in [0.25, 0.3) is 11.8 Å². The number of fused-ring (bicyclic) bond motifs is 1. The Hall–Kier alpha value is -3.06. The lowest BCUT2D eigenvalue weighted by atomic mass is 10.1. The Kier molecular flexibility index (Phi) is 3.86. The van der Waals surface area contributed by atoms with Crippen molar-refractivity contribution in [2.75, 3.05) is 7.11 Å². The molecule has 0 aliphatic carbocycles. The van der Waals surface area contributed by atoms with E-state index >= 15 is 0 Å². The van der Waals surface area contributed by atoms with E-state index in [0.717, 1.165) is 0 Å². The Morgan fingerprint density at radius 3 is 2.30 bits per heavy atom. The van der Waals surface area contributed by atoms with Crippen LogP contribution < -0.4 is 0 Å². The first kappa shape index (κ1) is 14.9. The Balaban J connectivity index is 1.74. The van der Waals surface area contributed by atoms with Gasteiger partial charge in [-0.15, -0.1) is 5.06 Å². The molecule has 3 rings (SSSR count). The maximum Gasteiger partial charge on any atom is 0.356 e. The maximum absolute atomic E-state index is 12.1.